The normalized spacial score (nSPS) is 16.9. The van der Waals surface area contributed by atoms with Crippen LogP contribution in [0.25, 0.3) is 15.9 Å². The van der Waals surface area contributed by atoms with Gasteiger partial charge in [-0.05, 0) is 67.1 Å². The standard InChI is InChI=1S/C31H31N3O3S2/c1-31(2)23-10-6-7-11-24(23)33(3)26(31)17-20(35)18-38-30-32-28-27(22-9-5-8-12-25(22)39-28)29(36)34(30)19-13-15-21(37-4)16-14-19/h6-7,10-11,13-17H,5,8-9,12,18H2,1-4H3. The minimum absolute atomic E-state index is 0.0103. The first-order valence-corrected chi connectivity index (χ1v) is 15.0. The second-order valence-corrected chi connectivity index (χ2v) is 12.6. The van der Waals surface area contributed by atoms with E-state index in [0.717, 1.165) is 52.8 Å². The molecule has 1 aliphatic heterocycles. The van der Waals surface area contributed by atoms with Crippen molar-refractivity contribution in [2.24, 2.45) is 0 Å². The molecule has 39 heavy (non-hydrogen) atoms. The summed E-state index contributed by atoms with van der Waals surface area (Å²) in [7, 11) is 3.63. The zero-order valence-electron chi connectivity index (χ0n) is 22.6. The summed E-state index contributed by atoms with van der Waals surface area (Å²) in [5, 5.41) is 1.26. The van der Waals surface area contributed by atoms with Crippen molar-refractivity contribution in [3.05, 3.63) is 86.7 Å². The van der Waals surface area contributed by atoms with E-state index in [-0.39, 0.29) is 22.5 Å². The Hall–Kier alpha value is -3.36. The number of carbonyl (C=O) groups excluding carboxylic acids is 1. The Labute approximate surface area is 236 Å². The van der Waals surface area contributed by atoms with Crippen LogP contribution in [0.3, 0.4) is 0 Å². The largest absolute Gasteiger partial charge is 0.497 e. The summed E-state index contributed by atoms with van der Waals surface area (Å²) in [6, 6.07) is 15.7. The maximum Gasteiger partial charge on any atom is 0.267 e. The number of hydrogen-bond donors (Lipinski definition) is 0. The number of hydrogen-bond acceptors (Lipinski definition) is 7. The molecule has 0 unspecified atom stereocenters. The van der Waals surface area contributed by atoms with E-state index < -0.39 is 0 Å². The Bertz CT molecular complexity index is 1680. The summed E-state index contributed by atoms with van der Waals surface area (Å²) < 4.78 is 6.99. The Morgan fingerprint density at radius 2 is 1.87 bits per heavy atom. The average Bonchev–Trinajstić information content (AvgIpc) is 3.41. The molecule has 0 radical (unpaired) electrons. The van der Waals surface area contributed by atoms with Gasteiger partial charge in [0.1, 0.15) is 10.6 Å². The van der Waals surface area contributed by atoms with Crippen LogP contribution in [0.1, 0.15) is 42.7 Å². The highest BCUT2D eigenvalue weighted by Gasteiger charge is 2.38. The van der Waals surface area contributed by atoms with E-state index in [4.69, 9.17) is 9.72 Å². The van der Waals surface area contributed by atoms with Crippen molar-refractivity contribution in [3.8, 4) is 11.4 Å². The van der Waals surface area contributed by atoms with Gasteiger partial charge in [0.15, 0.2) is 10.9 Å². The molecule has 3 heterocycles. The summed E-state index contributed by atoms with van der Waals surface area (Å²) in [6.07, 6.45) is 5.91. The lowest BCUT2D eigenvalue weighted by Crippen LogP contribution is -2.24. The van der Waals surface area contributed by atoms with Crippen LogP contribution >= 0.6 is 23.1 Å². The van der Waals surface area contributed by atoms with Gasteiger partial charge in [-0.2, -0.15) is 0 Å². The van der Waals surface area contributed by atoms with E-state index in [1.165, 1.54) is 22.2 Å². The van der Waals surface area contributed by atoms with Crippen molar-refractivity contribution in [1.29, 1.82) is 0 Å². The highest BCUT2D eigenvalue weighted by atomic mass is 32.2. The lowest BCUT2D eigenvalue weighted by atomic mass is 9.83. The number of likely N-dealkylation sites (N-methyl/N-ethyl adjacent to an activating group) is 1. The lowest BCUT2D eigenvalue weighted by molar-refractivity contribution is -0.112. The molecular formula is C31H31N3O3S2. The Kier molecular flexibility index (Phi) is 6.63. The average molecular weight is 558 g/mol. The fourth-order valence-corrected chi connectivity index (χ4v) is 7.97. The van der Waals surface area contributed by atoms with Crippen molar-refractivity contribution in [2.75, 3.05) is 24.8 Å². The van der Waals surface area contributed by atoms with E-state index in [9.17, 15) is 9.59 Å². The van der Waals surface area contributed by atoms with Gasteiger partial charge in [-0.25, -0.2) is 4.98 Å². The summed E-state index contributed by atoms with van der Waals surface area (Å²) in [5.41, 5.74) is 4.83. The number of rotatable bonds is 6. The number of thiophene rings is 1. The van der Waals surface area contributed by atoms with Gasteiger partial charge in [0.2, 0.25) is 0 Å². The van der Waals surface area contributed by atoms with Gasteiger partial charge in [-0.1, -0.05) is 43.8 Å². The number of benzene rings is 2. The molecule has 0 N–H and O–H groups in total. The molecule has 6 nitrogen and oxygen atoms in total. The van der Waals surface area contributed by atoms with Gasteiger partial charge in [-0.15, -0.1) is 11.3 Å². The van der Waals surface area contributed by atoms with E-state index in [1.54, 1.807) is 29.1 Å². The van der Waals surface area contributed by atoms with Crippen molar-refractivity contribution >= 4 is 44.8 Å². The molecule has 4 aromatic rings. The number of carbonyl (C=O) groups is 1. The number of allylic oxidation sites excluding steroid dienone is 2. The second-order valence-electron chi connectivity index (χ2n) is 10.6. The lowest BCUT2D eigenvalue weighted by Gasteiger charge is -2.24. The van der Waals surface area contributed by atoms with Crippen LogP contribution in [0.15, 0.2) is 70.3 Å². The van der Waals surface area contributed by atoms with Crippen molar-refractivity contribution < 1.29 is 9.53 Å². The molecule has 200 valence electrons. The Balaban J connectivity index is 1.37. The molecule has 6 rings (SSSR count). The molecule has 2 aromatic carbocycles. The van der Waals surface area contributed by atoms with Gasteiger partial charge < -0.3 is 9.64 Å². The molecule has 2 aliphatic rings. The first kappa shape index (κ1) is 25.9. The molecular weight excluding hydrogens is 526 g/mol. The Morgan fingerprint density at radius 1 is 1.13 bits per heavy atom. The summed E-state index contributed by atoms with van der Waals surface area (Å²) in [4.78, 5) is 36.5. The van der Waals surface area contributed by atoms with E-state index in [0.29, 0.717) is 16.6 Å². The molecule has 0 saturated carbocycles. The zero-order chi connectivity index (χ0) is 27.3. The highest BCUT2D eigenvalue weighted by Crippen LogP contribution is 2.46. The summed E-state index contributed by atoms with van der Waals surface area (Å²) in [5.74, 6) is 0.890. The van der Waals surface area contributed by atoms with Gasteiger partial charge in [-0.3, -0.25) is 14.2 Å². The predicted octanol–water partition coefficient (Wildman–Crippen LogP) is 6.31. The van der Waals surface area contributed by atoms with Crippen molar-refractivity contribution in [1.82, 2.24) is 9.55 Å². The van der Waals surface area contributed by atoms with Crippen LogP contribution in [-0.4, -0.2) is 35.2 Å². The molecule has 0 bridgehead atoms. The van der Waals surface area contributed by atoms with Gasteiger partial charge >= 0.3 is 0 Å². The van der Waals surface area contributed by atoms with Crippen LogP contribution in [0.2, 0.25) is 0 Å². The minimum Gasteiger partial charge on any atom is -0.497 e. The number of ketones is 1. The van der Waals surface area contributed by atoms with Gasteiger partial charge in [0, 0.05) is 34.8 Å². The molecule has 0 amide bonds. The van der Waals surface area contributed by atoms with Gasteiger partial charge in [0.25, 0.3) is 5.56 Å². The third kappa shape index (κ3) is 4.39. The number of fused-ring (bicyclic) bond motifs is 4. The molecule has 2 aromatic heterocycles. The van der Waals surface area contributed by atoms with E-state index in [2.05, 4.69) is 30.9 Å². The minimum atomic E-state index is -0.274. The topological polar surface area (TPSA) is 64.4 Å². The monoisotopic (exact) mass is 557 g/mol. The summed E-state index contributed by atoms with van der Waals surface area (Å²) >= 11 is 2.95. The second kappa shape index (κ2) is 9.99. The number of para-hydroxylation sites is 1. The first-order valence-electron chi connectivity index (χ1n) is 13.2. The number of aryl methyl sites for hydroxylation is 2. The van der Waals surface area contributed by atoms with Gasteiger partial charge in [0.05, 0.1) is 23.9 Å². The summed E-state index contributed by atoms with van der Waals surface area (Å²) in [6.45, 7) is 4.30. The fourth-order valence-electron chi connectivity index (χ4n) is 5.83. The third-order valence-corrected chi connectivity index (χ3v) is 10.0. The van der Waals surface area contributed by atoms with E-state index >= 15 is 0 Å². The smallest absolute Gasteiger partial charge is 0.267 e. The third-order valence-electron chi connectivity index (χ3n) is 7.87. The quantitative estimate of drug-likeness (QED) is 0.157. The number of methoxy groups -OCH3 is 1. The molecule has 8 heteroatoms. The first-order chi connectivity index (χ1) is 18.8. The molecule has 0 atom stereocenters. The highest BCUT2D eigenvalue weighted by molar-refractivity contribution is 7.99. The SMILES string of the molecule is COc1ccc(-n2c(SCC(=O)C=C3N(C)c4ccccc4C3(C)C)nc3sc4c(c3c2=O)CCCC4)cc1. The maximum atomic E-state index is 14.0. The van der Waals surface area contributed by atoms with Crippen molar-refractivity contribution in [2.45, 2.75) is 50.1 Å². The van der Waals surface area contributed by atoms with Crippen LogP contribution in [0.4, 0.5) is 5.69 Å². The van der Waals surface area contributed by atoms with Crippen LogP contribution < -0.4 is 15.2 Å². The number of nitrogens with zero attached hydrogens (tertiary/aromatic N) is 3. The fraction of sp³-hybridized carbons (Fsp3) is 0.323. The number of aromatic nitrogens is 2. The van der Waals surface area contributed by atoms with Crippen LogP contribution in [0.5, 0.6) is 5.75 Å². The number of thioether (sulfide) groups is 1. The molecule has 1 aliphatic carbocycles. The number of ether oxygens (including phenoxy) is 1. The number of anilines is 1. The maximum absolute atomic E-state index is 14.0. The van der Waals surface area contributed by atoms with E-state index in [1.807, 2.05) is 43.4 Å². The van der Waals surface area contributed by atoms with Crippen LogP contribution in [0, 0.1) is 0 Å². The molecule has 0 saturated heterocycles. The van der Waals surface area contributed by atoms with Crippen molar-refractivity contribution in [3.63, 3.8) is 0 Å². The molecule has 0 fully saturated rings. The molecule has 0 spiro atoms. The Morgan fingerprint density at radius 3 is 2.62 bits per heavy atom. The van der Waals surface area contributed by atoms with Crippen LogP contribution in [-0.2, 0) is 23.1 Å². The zero-order valence-corrected chi connectivity index (χ0v) is 24.2. The predicted molar refractivity (Wildman–Crippen MR) is 160 cm³/mol.